The third-order valence-corrected chi connectivity index (χ3v) is 5.54. The van der Waals surface area contributed by atoms with Gasteiger partial charge in [0.15, 0.2) is 5.16 Å². The molecule has 4 aromatic rings. The lowest BCUT2D eigenvalue weighted by Gasteiger charge is -2.10. The molecule has 7 nitrogen and oxygen atoms in total. The molecular weight excluding hydrogens is 400 g/mol. The van der Waals surface area contributed by atoms with Crippen LogP contribution in [0.25, 0.3) is 16.7 Å². The van der Waals surface area contributed by atoms with Gasteiger partial charge >= 0.3 is 0 Å². The first-order valence-corrected chi connectivity index (χ1v) is 11.1. The van der Waals surface area contributed by atoms with E-state index in [0.717, 1.165) is 28.6 Å². The number of aromatic nitrogens is 4. The van der Waals surface area contributed by atoms with Crippen molar-refractivity contribution in [1.82, 2.24) is 19.2 Å². The third-order valence-electron chi connectivity index (χ3n) is 4.64. The second-order valence-electron chi connectivity index (χ2n) is 6.69. The van der Waals surface area contributed by atoms with Crippen LogP contribution >= 0.6 is 11.8 Å². The molecule has 4 rings (SSSR count). The number of thioether (sulfide) groups is 1. The molecule has 0 fully saturated rings. The molecule has 0 unspecified atom stereocenters. The number of benzene rings is 2. The lowest BCUT2D eigenvalue weighted by Crippen LogP contribution is -2.23. The Labute approximate surface area is 178 Å². The molecule has 0 bridgehead atoms. The zero-order chi connectivity index (χ0) is 20.9. The molecule has 0 radical (unpaired) electrons. The van der Waals surface area contributed by atoms with Crippen LogP contribution in [0.2, 0.25) is 0 Å². The predicted molar refractivity (Wildman–Crippen MR) is 119 cm³/mol. The Balaban J connectivity index is 1.53. The summed E-state index contributed by atoms with van der Waals surface area (Å²) in [6, 6.07) is 15.2. The summed E-state index contributed by atoms with van der Waals surface area (Å²) in [7, 11) is 0. The third kappa shape index (κ3) is 4.00. The standard InChI is InChI=1S/C22H24N4O3S/c1-3-13-25-20(27)18-7-5-6-8-19(18)26-21(25)23-24-22(26)30-15-14-29-17-11-9-16(10-12-17)28-4-2/h5-12H,3-4,13-15H2,1-2H3. The lowest BCUT2D eigenvalue weighted by molar-refractivity contribution is 0.332. The van der Waals surface area contributed by atoms with E-state index in [1.807, 2.05) is 66.8 Å². The fourth-order valence-electron chi connectivity index (χ4n) is 3.34. The summed E-state index contributed by atoms with van der Waals surface area (Å²) in [5.41, 5.74) is 0.799. The number of ether oxygens (including phenoxy) is 2. The van der Waals surface area contributed by atoms with E-state index >= 15 is 0 Å². The fraction of sp³-hybridized carbons (Fsp3) is 0.318. The molecule has 2 aromatic heterocycles. The maximum Gasteiger partial charge on any atom is 0.262 e. The maximum absolute atomic E-state index is 12.9. The Morgan fingerprint density at radius 3 is 2.43 bits per heavy atom. The number of hydrogen-bond donors (Lipinski definition) is 0. The van der Waals surface area contributed by atoms with Gasteiger partial charge in [-0.1, -0.05) is 30.8 Å². The monoisotopic (exact) mass is 424 g/mol. The van der Waals surface area contributed by atoms with Gasteiger partial charge in [0.1, 0.15) is 11.5 Å². The summed E-state index contributed by atoms with van der Waals surface area (Å²) in [6.07, 6.45) is 0.846. The number of aryl methyl sites for hydroxylation is 1. The van der Waals surface area contributed by atoms with Gasteiger partial charge in [0.25, 0.3) is 5.56 Å². The van der Waals surface area contributed by atoms with Crippen LogP contribution in [0.4, 0.5) is 0 Å². The van der Waals surface area contributed by atoms with Gasteiger partial charge in [-0.2, -0.15) is 0 Å². The van der Waals surface area contributed by atoms with Gasteiger partial charge in [0.05, 0.1) is 24.1 Å². The minimum absolute atomic E-state index is 0.0252. The normalized spacial score (nSPS) is 11.3. The van der Waals surface area contributed by atoms with Gasteiger partial charge in [0.2, 0.25) is 5.78 Å². The maximum atomic E-state index is 12.9. The molecule has 0 aliphatic carbocycles. The van der Waals surface area contributed by atoms with Crippen molar-refractivity contribution in [3.8, 4) is 11.5 Å². The average molecular weight is 425 g/mol. The summed E-state index contributed by atoms with van der Waals surface area (Å²) in [5.74, 6) is 2.91. The van der Waals surface area contributed by atoms with Gasteiger partial charge in [-0.25, -0.2) is 0 Å². The SMILES string of the molecule is CCCn1c(=O)c2ccccc2n2c(SCCOc3ccc(OCC)cc3)nnc12. The summed E-state index contributed by atoms with van der Waals surface area (Å²) >= 11 is 1.56. The van der Waals surface area contributed by atoms with E-state index in [9.17, 15) is 4.79 Å². The summed E-state index contributed by atoms with van der Waals surface area (Å²) in [5, 5.41) is 10.1. The quantitative estimate of drug-likeness (QED) is 0.299. The zero-order valence-corrected chi connectivity index (χ0v) is 17.9. The molecule has 0 atom stereocenters. The molecule has 30 heavy (non-hydrogen) atoms. The van der Waals surface area contributed by atoms with Crippen molar-refractivity contribution in [2.45, 2.75) is 32.0 Å². The molecule has 156 valence electrons. The van der Waals surface area contributed by atoms with Crippen molar-refractivity contribution in [3.63, 3.8) is 0 Å². The summed E-state index contributed by atoms with van der Waals surface area (Å²) in [4.78, 5) is 12.9. The van der Waals surface area contributed by atoms with E-state index in [1.165, 1.54) is 0 Å². The second kappa shape index (κ2) is 9.21. The predicted octanol–water partition coefficient (Wildman–Crippen LogP) is 4.02. The average Bonchev–Trinajstić information content (AvgIpc) is 3.19. The van der Waals surface area contributed by atoms with Crippen molar-refractivity contribution in [3.05, 3.63) is 58.9 Å². The van der Waals surface area contributed by atoms with E-state index in [4.69, 9.17) is 9.47 Å². The second-order valence-corrected chi connectivity index (χ2v) is 7.76. The Hall–Kier alpha value is -3.00. The zero-order valence-electron chi connectivity index (χ0n) is 17.1. The molecule has 0 amide bonds. The van der Waals surface area contributed by atoms with Crippen LogP contribution in [0.3, 0.4) is 0 Å². The first-order chi connectivity index (χ1) is 14.7. The molecule has 2 heterocycles. The molecule has 0 aliphatic rings. The fourth-order valence-corrected chi connectivity index (χ4v) is 4.10. The Morgan fingerprint density at radius 2 is 1.70 bits per heavy atom. The minimum Gasteiger partial charge on any atom is -0.494 e. The van der Waals surface area contributed by atoms with E-state index in [2.05, 4.69) is 10.2 Å². The minimum atomic E-state index is -0.0252. The summed E-state index contributed by atoms with van der Waals surface area (Å²) in [6.45, 7) is 5.78. The van der Waals surface area contributed by atoms with Crippen molar-refractivity contribution in [2.75, 3.05) is 19.0 Å². The van der Waals surface area contributed by atoms with Gasteiger partial charge in [-0.3, -0.25) is 13.8 Å². The largest absolute Gasteiger partial charge is 0.494 e. The molecule has 2 aromatic carbocycles. The van der Waals surface area contributed by atoms with Gasteiger partial charge in [-0.15, -0.1) is 10.2 Å². The molecular formula is C22H24N4O3S. The van der Waals surface area contributed by atoms with Crippen LogP contribution in [-0.2, 0) is 6.54 Å². The van der Waals surface area contributed by atoms with E-state index < -0.39 is 0 Å². The van der Waals surface area contributed by atoms with Gasteiger partial charge in [0, 0.05) is 12.3 Å². The number of fused-ring (bicyclic) bond motifs is 3. The first kappa shape index (κ1) is 20.3. The number of rotatable bonds is 9. The number of nitrogens with zero attached hydrogens (tertiary/aromatic N) is 4. The van der Waals surface area contributed by atoms with E-state index in [0.29, 0.717) is 36.7 Å². The molecule has 8 heteroatoms. The van der Waals surface area contributed by atoms with Crippen LogP contribution in [0.15, 0.2) is 58.5 Å². The molecule has 0 aliphatic heterocycles. The summed E-state index contributed by atoms with van der Waals surface area (Å²) < 4.78 is 14.9. The smallest absolute Gasteiger partial charge is 0.262 e. The molecule has 0 spiro atoms. The first-order valence-electron chi connectivity index (χ1n) is 10.1. The lowest BCUT2D eigenvalue weighted by atomic mass is 10.2. The van der Waals surface area contributed by atoms with Gasteiger partial charge < -0.3 is 9.47 Å². The highest BCUT2D eigenvalue weighted by Crippen LogP contribution is 2.22. The molecule has 0 saturated carbocycles. The topological polar surface area (TPSA) is 70.7 Å². The Bertz CT molecular complexity index is 1200. The van der Waals surface area contributed by atoms with Crippen LogP contribution < -0.4 is 15.0 Å². The highest BCUT2D eigenvalue weighted by molar-refractivity contribution is 7.99. The van der Waals surface area contributed by atoms with E-state index in [1.54, 1.807) is 16.3 Å². The molecule has 0 saturated heterocycles. The van der Waals surface area contributed by atoms with Crippen molar-refractivity contribution in [1.29, 1.82) is 0 Å². The van der Waals surface area contributed by atoms with Crippen LogP contribution in [-0.4, -0.2) is 38.1 Å². The highest BCUT2D eigenvalue weighted by atomic mass is 32.2. The Kier molecular flexibility index (Phi) is 6.23. The van der Waals surface area contributed by atoms with Crippen LogP contribution in [0, 0.1) is 0 Å². The van der Waals surface area contributed by atoms with Crippen molar-refractivity contribution >= 4 is 28.4 Å². The van der Waals surface area contributed by atoms with Crippen molar-refractivity contribution in [2.24, 2.45) is 0 Å². The number of hydrogen-bond acceptors (Lipinski definition) is 6. The van der Waals surface area contributed by atoms with Crippen LogP contribution in [0.1, 0.15) is 20.3 Å². The van der Waals surface area contributed by atoms with Crippen molar-refractivity contribution < 1.29 is 9.47 Å². The Morgan fingerprint density at radius 1 is 0.967 bits per heavy atom. The van der Waals surface area contributed by atoms with Gasteiger partial charge in [-0.05, 0) is 49.7 Å². The van der Waals surface area contributed by atoms with E-state index in [-0.39, 0.29) is 5.56 Å². The van der Waals surface area contributed by atoms with Crippen LogP contribution in [0.5, 0.6) is 11.5 Å². The highest BCUT2D eigenvalue weighted by Gasteiger charge is 2.16. The number of para-hydroxylation sites is 1. The molecule has 0 N–H and O–H groups in total.